The van der Waals surface area contributed by atoms with Crippen LogP contribution in [0.4, 0.5) is 0 Å². The van der Waals surface area contributed by atoms with Crippen molar-refractivity contribution in [2.75, 3.05) is 0 Å². The predicted molar refractivity (Wildman–Crippen MR) is 416 cm³/mol. The smallest absolute Gasteiger partial charge is 0.0656 e. The second kappa shape index (κ2) is 38.8. The van der Waals surface area contributed by atoms with Crippen LogP contribution in [0.3, 0.4) is 0 Å². The molecule has 0 saturated heterocycles. The molecule has 22 unspecified atom stereocenters. The first-order chi connectivity index (χ1) is 43.7. The van der Waals surface area contributed by atoms with Gasteiger partial charge in [-0.3, -0.25) is 0 Å². The Balaban J connectivity index is 0.000000549. The Labute approximate surface area is 594 Å². The number of hydrogen-bond acceptors (Lipinski definition) is 8. The highest BCUT2D eigenvalue weighted by atomic mass is 16.3. The number of hydrogen-bond donors (Lipinski definition) is 8. The highest BCUT2D eigenvalue weighted by Crippen LogP contribution is 2.51. The fraction of sp³-hybridized carbons (Fsp3) is 0.818. The Morgan fingerprint density at radius 3 is 1.23 bits per heavy atom. The summed E-state index contributed by atoms with van der Waals surface area (Å²) in [6, 6.07) is 0. The van der Waals surface area contributed by atoms with Crippen molar-refractivity contribution in [3.8, 4) is 0 Å². The van der Waals surface area contributed by atoms with Crippen molar-refractivity contribution in [1.29, 1.82) is 0 Å². The SMILES string of the molecule is C=C(C)C1(C)C(C)CCCC1O.C=C(C)C1(C)CC(C)CCC1O.C=C(C)C1(C)CC(O)CCC1C.C=C(C)C1(C)CCC(C)CC1O.C=C(C)C1(C)CCCC(C)C1O.C=C(C)C1(C)CCCC(O)C1C.C=C(C)C1CCC(O)C(C)(C)C1.C=C(C)C1CCC(O)CC1(C)C. The first-order valence-corrected chi connectivity index (χ1v) is 38.4. The van der Waals surface area contributed by atoms with Crippen LogP contribution in [-0.4, -0.2) is 89.7 Å². The number of aliphatic hydroxyl groups excluding tert-OH is 8. The van der Waals surface area contributed by atoms with E-state index in [1.54, 1.807) is 0 Å². The van der Waals surface area contributed by atoms with Crippen molar-refractivity contribution < 1.29 is 40.9 Å². The topological polar surface area (TPSA) is 162 Å². The molecule has 0 heterocycles. The van der Waals surface area contributed by atoms with Crippen LogP contribution in [0.5, 0.6) is 0 Å². The van der Waals surface area contributed by atoms with Crippen molar-refractivity contribution in [1.82, 2.24) is 0 Å². The zero-order valence-electron chi connectivity index (χ0n) is 67.4. The third-order valence-corrected chi connectivity index (χ3v) is 27.8. The van der Waals surface area contributed by atoms with Gasteiger partial charge in [-0.05, 0) is 266 Å². The average Bonchev–Trinajstić information content (AvgIpc) is 0.897. The quantitative estimate of drug-likeness (QED) is 0.111. The fourth-order valence-electron chi connectivity index (χ4n) is 17.5. The summed E-state index contributed by atoms with van der Waals surface area (Å²) < 4.78 is 0. The van der Waals surface area contributed by atoms with Crippen molar-refractivity contribution in [2.24, 2.45) is 90.7 Å². The van der Waals surface area contributed by atoms with Gasteiger partial charge >= 0.3 is 0 Å². The van der Waals surface area contributed by atoms with Crippen molar-refractivity contribution >= 4 is 0 Å². The number of aliphatic hydroxyl groups is 8. The molecule has 0 radical (unpaired) electrons. The molecule has 8 saturated carbocycles. The molecule has 8 aliphatic carbocycles. The lowest BCUT2D eigenvalue weighted by atomic mass is 9.63. The lowest BCUT2D eigenvalue weighted by Crippen LogP contribution is -2.42. The molecule has 0 spiro atoms. The molecule has 8 aliphatic rings. The van der Waals surface area contributed by atoms with Crippen molar-refractivity contribution in [2.45, 2.75) is 369 Å². The predicted octanol–water partition coefficient (Wildman–Crippen LogP) is 22.0. The summed E-state index contributed by atoms with van der Waals surface area (Å²) in [6.07, 6.45) is 24.4. The van der Waals surface area contributed by atoms with Gasteiger partial charge in [0, 0.05) is 21.7 Å². The second-order valence-corrected chi connectivity index (χ2v) is 36.7. The van der Waals surface area contributed by atoms with Gasteiger partial charge in [0.05, 0.1) is 48.8 Å². The highest BCUT2D eigenvalue weighted by Gasteiger charge is 2.45. The fourth-order valence-corrected chi connectivity index (χ4v) is 17.5. The third-order valence-electron chi connectivity index (χ3n) is 27.8. The van der Waals surface area contributed by atoms with Crippen LogP contribution < -0.4 is 0 Å². The summed E-state index contributed by atoms with van der Waals surface area (Å²) in [5, 5.41) is 78.2. The maximum atomic E-state index is 10.0. The molecule has 0 aromatic carbocycles. The molecular weight excluding hydrogens is 1180 g/mol. The molecule has 8 rings (SSSR count). The third kappa shape index (κ3) is 24.9. The standard InChI is InChI=1S/8C11H20O/c1-8(2)10-6-5-9(12)7-11(10,3)4;1-8(2)9-5-6-10(12)11(3,4)7-9;1-8(2)11(4)7-10(12)6-5-9(11)3;1-8(2)11(4)6-5-9(3)7-10(11)12;1-8(2)11(4)7-9(3)5-6-10(11)12;1-8(2)11(4)7-5-6-10(12)9(11)3;1-8(2)11(4)7-5-6-9(3)10(11)12;1-8(2)11(4)9(3)6-5-7-10(11)12/h8*9-10,12H,1,5-7H2,2-4H3. The van der Waals surface area contributed by atoms with Gasteiger partial charge in [-0.15, -0.1) is 0 Å². The van der Waals surface area contributed by atoms with E-state index in [0.29, 0.717) is 41.4 Å². The molecule has 22 atom stereocenters. The van der Waals surface area contributed by atoms with Gasteiger partial charge in [0.15, 0.2) is 0 Å². The van der Waals surface area contributed by atoms with Crippen molar-refractivity contribution in [3.63, 3.8) is 0 Å². The molecule has 8 N–H and O–H groups in total. The van der Waals surface area contributed by atoms with Crippen LogP contribution in [0.25, 0.3) is 0 Å². The molecule has 0 amide bonds. The van der Waals surface area contributed by atoms with Gasteiger partial charge in [0.25, 0.3) is 0 Å². The van der Waals surface area contributed by atoms with Gasteiger partial charge in [0.2, 0.25) is 0 Å². The van der Waals surface area contributed by atoms with E-state index in [1.165, 1.54) is 48.0 Å². The molecule has 0 aliphatic heterocycles. The van der Waals surface area contributed by atoms with Gasteiger partial charge in [0.1, 0.15) is 0 Å². The molecule has 8 fully saturated rings. The Bertz CT molecular complexity index is 2360. The van der Waals surface area contributed by atoms with E-state index < -0.39 is 0 Å². The van der Waals surface area contributed by atoms with E-state index in [-0.39, 0.29) is 92.2 Å². The van der Waals surface area contributed by atoms with E-state index in [2.05, 4.69) is 191 Å². The van der Waals surface area contributed by atoms with E-state index >= 15 is 0 Å². The molecule has 8 nitrogen and oxygen atoms in total. The molecule has 8 heteroatoms. The molecule has 0 aromatic heterocycles. The summed E-state index contributed by atoms with van der Waals surface area (Å²) in [6.45, 7) is 83.4. The molecular formula is C88H160O8. The summed E-state index contributed by atoms with van der Waals surface area (Å²) in [5.74, 6) is 4.66. The molecule has 0 bridgehead atoms. The lowest BCUT2D eigenvalue weighted by molar-refractivity contribution is -0.0146. The first kappa shape index (κ1) is 91.6. The van der Waals surface area contributed by atoms with Crippen LogP contribution in [-0.2, 0) is 0 Å². The van der Waals surface area contributed by atoms with E-state index in [4.69, 9.17) is 0 Å². The van der Waals surface area contributed by atoms with Gasteiger partial charge < -0.3 is 40.9 Å². The van der Waals surface area contributed by atoms with Crippen LogP contribution in [0.2, 0.25) is 0 Å². The lowest BCUT2D eigenvalue weighted by Gasteiger charge is -2.44. The highest BCUT2D eigenvalue weighted by molar-refractivity contribution is 5.16. The van der Waals surface area contributed by atoms with Crippen LogP contribution in [0.15, 0.2) is 97.2 Å². The van der Waals surface area contributed by atoms with Crippen LogP contribution in [0, 0.1) is 90.7 Å². The van der Waals surface area contributed by atoms with E-state index in [1.807, 2.05) is 27.7 Å². The van der Waals surface area contributed by atoms with Crippen LogP contribution >= 0.6 is 0 Å². The Morgan fingerprint density at radius 2 is 0.823 bits per heavy atom. The minimum Gasteiger partial charge on any atom is -0.393 e. The largest absolute Gasteiger partial charge is 0.393 e. The first-order valence-electron chi connectivity index (χ1n) is 38.4. The van der Waals surface area contributed by atoms with Gasteiger partial charge in [-0.25, -0.2) is 0 Å². The van der Waals surface area contributed by atoms with Crippen molar-refractivity contribution in [3.05, 3.63) is 97.2 Å². The van der Waals surface area contributed by atoms with E-state index in [0.717, 1.165) is 157 Å². The molecule has 0 aromatic rings. The van der Waals surface area contributed by atoms with Gasteiger partial charge in [-0.2, -0.15) is 0 Å². The average molecular weight is 1350 g/mol. The second-order valence-electron chi connectivity index (χ2n) is 36.7. The number of rotatable bonds is 8. The molecule has 96 heavy (non-hydrogen) atoms. The van der Waals surface area contributed by atoms with E-state index in [9.17, 15) is 40.9 Å². The minimum atomic E-state index is -0.191. The number of allylic oxidation sites excluding steroid dienone is 4. The zero-order valence-corrected chi connectivity index (χ0v) is 67.4. The Hall–Kier alpha value is -2.40. The maximum Gasteiger partial charge on any atom is 0.0656 e. The Kier molecular flexibility index (Phi) is 37.0. The van der Waals surface area contributed by atoms with Crippen LogP contribution in [0.1, 0.15) is 320 Å². The summed E-state index contributed by atoms with van der Waals surface area (Å²) >= 11 is 0. The monoisotopic (exact) mass is 1350 g/mol. The summed E-state index contributed by atoms with van der Waals surface area (Å²) in [5.41, 5.74) is 10.0. The zero-order chi connectivity index (χ0) is 74.8. The van der Waals surface area contributed by atoms with Gasteiger partial charge in [-0.1, -0.05) is 221 Å². The minimum absolute atomic E-state index is 0.0213. The normalized spacial score (nSPS) is 40.7. The molecule has 560 valence electrons. The summed E-state index contributed by atoms with van der Waals surface area (Å²) in [4.78, 5) is 0. The maximum absolute atomic E-state index is 10.0. The Morgan fingerprint density at radius 1 is 0.333 bits per heavy atom. The summed E-state index contributed by atoms with van der Waals surface area (Å²) in [7, 11) is 0.